The Morgan fingerprint density at radius 2 is 0.537 bits per heavy atom. The molecule has 0 aliphatic heterocycles. The van der Waals surface area contributed by atoms with E-state index in [-0.39, 0.29) is 21.7 Å². The van der Waals surface area contributed by atoms with Crippen molar-refractivity contribution in [1.82, 2.24) is 18.3 Å². The van der Waals surface area contributed by atoms with E-state index < -0.39 is 0 Å². The van der Waals surface area contributed by atoms with Gasteiger partial charge in [0.15, 0.2) is 0 Å². The van der Waals surface area contributed by atoms with Crippen LogP contribution in [0.3, 0.4) is 0 Å². The van der Waals surface area contributed by atoms with Crippen molar-refractivity contribution in [2.45, 2.75) is 105 Å². The molecule has 82 heavy (non-hydrogen) atoms. The molecule has 13 aromatic rings. The number of rotatable bonds is 8. The number of hydrogen-bond acceptors (Lipinski definition) is 0. The lowest BCUT2D eigenvalue weighted by Crippen LogP contribution is -2.10. The Balaban J connectivity index is 1.02. The molecule has 0 aliphatic rings. The van der Waals surface area contributed by atoms with Crippen LogP contribution >= 0.6 is 0 Å². The summed E-state index contributed by atoms with van der Waals surface area (Å²) >= 11 is 0. The van der Waals surface area contributed by atoms with Crippen molar-refractivity contribution < 1.29 is 0 Å². The number of benzene rings is 9. The molecule has 0 spiro atoms. The van der Waals surface area contributed by atoms with Crippen LogP contribution in [0.1, 0.15) is 105 Å². The molecular weight excluding hydrogens is 993 g/mol. The topological polar surface area (TPSA) is 19.7 Å². The smallest absolute Gasteiger partial charge is 0.0541 e. The average Bonchev–Trinajstić information content (AvgIpc) is 3.17. The zero-order valence-corrected chi connectivity index (χ0v) is 49.7. The van der Waals surface area contributed by atoms with Crippen LogP contribution in [-0.2, 0) is 21.7 Å². The molecule has 9 aromatic carbocycles. The van der Waals surface area contributed by atoms with Gasteiger partial charge in [0.25, 0.3) is 0 Å². The molecule has 0 atom stereocenters. The largest absolute Gasteiger partial charge is 0.317 e. The molecule has 4 aromatic heterocycles. The summed E-state index contributed by atoms with van der Waals surface area (Å²) in [5, 5.41) is 5.15. The van der Waals surface area contributed by atoms with Crippen molar-refractivity contribution in [2.75, 3.05) is 0 Å². The second kappa shape index (κ2) is 19.4. The normalized spacial score (nSPS) is 12.6. The Kier molecular flexibility index (Phi) is 12.4. The summed E-state index contributed by atoms with van der Waals surface area (Å²) < 4.78 is 9.60. The summed E-state index contributed by atoms with van der Waals surface area (Å²) in [5.74, 6) is 0. The van der Waals surface area contributed by atoms with Gasteiger partial charge >= 0.3 is 0 Å². The lowest BCUT2D eigenvalue weighted by molar-refractivity contribution is 0.590. The molecule has 0 saturated carbocycles. The van der Waals surface area contributed by atoms with Gasteiger partial charge < -0.3 is 18.3 Å². The van der Waals surface area contributed by atoms with Gasteiger partial charge in [0.05, 0.1) is 33.5 Å². The lowest BCUT2D eigenvalue weighted by atomic mass is 9.85. The number of aromatic nitrogens is 4. The highest BCUT2D eigenvalue weighted by atomic mass is 15.0. The Labute approximate surface area is 484 Å². The first-order chi connectivity index (χ1) is 39.2. The van der Waals surface area contributed by atoms with Gasteiger partial charge in [-0.2, -0.15) is 0 Å². The predicted octanol–water partition coefficient (Wildman–Crippen LogP) is 21.3. The van der Waals surface area contributed by atoms with Crippen LogP contribution in [-0.4, -0.2) is 18.3 Å². The third kappa shape index (κ3) is 9.19. The molecule has 0 aliphatic carbocycles. The third-order valence-electron chi connectivity index (χ3n) is 17.1. The standard InChI is InChI=1S/C78H74N4/c1-75(2,3)53-31-39-71-63(45-53)64-46-54(76(4,5)6)32-40-72(64)81(71)59-35-27-51(28-36-59)61-49-68(70-26-20-44-80(70)58-23-17-14-18-24-58)62(50-67(61)69-25-19-43-79(69)57-21-15-13-16-22-57)52-29-37-60(38-30-52)82-73-41-33-55(77(7,8)9)47-65(73)66-48-56(78(10,11)12)34-42-74(66)82/h13-50H,1-12H3. The highest BCUT2D eigenvalue weighted by Gasteiger charge is 2.25. The zero-order chi connectivity index (χ0) is 57.0. The van der Waals surface area contributed by atoms with Crippen molar-refractivity contribution >= 4 is 43.6 Å². The minimum atomic E-state index is 0.0199. The number of hydrogen-bond donors (Lipinski definition) is 0. The molecule has 4 heteroatoms. The first-order valence-corrected chi connectivity index (χ1v) is 29.2. The maximum atomic E-state index is 2.46. The van der Waals surface area contributed by atoms with E-state index >= 15 is 0 Å². The zero-order valence-electron chi connectivity index (χ0n) is 49.7. The summed E-state index contributed by atoms with van der Waals surface area (Å²) in [5.41, 5.74) is 23.9. The molecule has 0 N–H and O–H groups in total. The summed E-state index contributed by atoms with van der Waals surface area (Å²) in [6, 6.07) is 82.3. The molecule has 0 unspecified atom stereocenters. The maximum Gasteiger partial charge on any atom is 0.0541 e. The summed E-state index contributed by atoms with van der Waals surface area (Å²) in [6.07, 6.45) is 4.39. The molecule has 0 radical (unpaired) electrons. The van der Waals surface area contributed by atoms with Crippen LogP contribution in [0.4, 0.5) is 0 Å². The molecule has 13 rings (SSSR count). The van der Waals surface area contributed by atoms with Gasteiger partial charge in [0.1, 0.15) is 0 Å². The van der Waals surface area contributed by atoms with Gasteiger partial charge in [0, 0.05) is 67.8 Å². The van der Waals surface area contributed by atoms with Gasteiger partial charge in [-0.3, -0.25) is 0 Å². The third-order valence-corrected chi connectivity index (χ3v) is 17.1. The summed E-state index contributed by atoms with van der Waals surface area (Å²) in [4.78, 5) is 0. The molecule has 406 valence electrons. The van der Waals surface area contributed by atoms with Gasteiger partial charge in [0.2, 0.25) is 0 Å². The van der Waals surface area contributed by atoms with Gasteiger partial charge in [-0.05, 0) is 200 Å². The van der Waals surface area contributed by atoms with E-state index in [9.17, 15) is 0 Å². The molecule has 4 nitrogen and oxygen atoms in total. The molecular formula is C78H74N4. The lowest BCUT2D eigenvalue weighted by Gasteiger charge is -2.21. The summed E-state index contributed by atoms with van der Waals surface area (Å²) in [7, 11) is 0. The highest BCUT2D eigenvalue weighted by Crippen LogP contribution is 2.46. The van der Waals surface area contributed by atoms with E-state index in [4.69, 9.17) is 0 Å². The average molecular weight is 1070 g/mol. The molecule has 0 bridgehead atoms. The van der Waals surface area contributed by atoms with E-state index in [1.165, 1.54) is 65.9 Å². The van der Waals surface area contributed by atoms with Crippen LogP contribution in [0.25, 0.3) is 111 Å². The molecule has 0 saturated heterocycles. The van der Waals surface area contributed by atoms with E-state index in [0.29, 0.717) is 0 Å². The second-order valence-corrected chi connectivity index (χ2v) is 26.8. The van der Waals surface area contributed by atoms with Crippen molar-refractivity contribution in [3.63, 3.8) is 0 Å². The summed E-state index contributed by atoms with van der Waals surface area (Å²) in [6.45, 7) is 27.7. The Bertz CT molecular complexity index is 4110. The fraction of sp³-hybridized carbons (Fsp3) is 0.205. The van der Waals surface area contributed by atoms with Gasteiger partial charge in [-0.1, -0.05) is 168 Å². The van der Waals surface area contributed by atoms with E-state index in [1.807, 2.05) is 0 Å². The van der Waals surface area contributed by atoms with Crippen LogP contribution in [0.2, 0.25) is 0 Å². The Hall–Kier alpha value is -8.86. The SMILES string of the molecule is CC(C)(C)c1ccc2c(c1)c1cc(C(C)(C)C)ccc1n2-c1ccc(-c2cc(-c3cccn3-c3ccccc3)c(-c3ccc(-n4c5ccc(C(C)(C)C)cc5c5cc(C(C)(C)C)ccc54)cc3)cc2-c2cccn2-c2ccccc2)cc1. The quantitative estimate of drug-likeness (QED) is 0.145. The first kappa shape index (κ1) is 52.5. The van der Waals surface area contributed by atoms with Crippen LogP contribution < -0.4 is 0 Å². The minimum Gasteiger partial charge on any atom is -0.317 e. The second-order valence-electron chi connectivity index (χ2n) is 26.8. The van der Waals surface area contributed by atoms with Gasteiger partial charge in [-0.25, -0.2) is 0 Å². The molecule has 0 fully saturated rings. The Morgan fingerprint density at radius 1 is 0.244 bits per heavy atom. The highest BCUT2D eigenvalue weighted by molar-refractivity contribution is 6.11. The van der Waals surface area contributed by atoms with E-state index in [2.05, 4.69) is 332 Å². The molecule has 4 heterocycles. The number of nitrogens with zero attached hydrogens (tertiary/aromatic N) is 4. The van der Waals surface area contributed by atoms with E-state index in [0.717, 1.165) is 67.5 Å². The first-order valence-electron chi connectivity index (χ1n) is 29.2. The monoisotopic (exact) mass is 1070 g/mol. The van der Waals surface area contributed by atoms with E-state index in [1.54, 1.807) is 0 Å². The van der Waals surface area contributed by atoms with Crippen molar-refractivity contribution in [1.29, 1.82) is 0 Å². The fourth-order valence-electron chi connectivity index (χ4n) is 12.4. The van der Waals surface area contributed by atoms with Crippen molar-refractivity contribution in [3.8, 4) is 67.5 Å². The van der Waals surface area contributed by atoms with Crippen molar-refractivity contribution in [2.24, 2.45) is 0 Å². The predicted molar refractivity (Wildman–Crippen MR) is 350 cm³/mol. The fourth-order valence-corrected chi connectivity index (χ4v) is 12.4. The van der Waals surface area contributed by atoms with Crippen LogP contribution in [0, 0.1) is 0 Å². The van der Waals surface area contributed by atoms with Crippen LogP contribution in [0.15, 0.2) is 231 Å². The maximum absolute atomic E-state index is 2.46. The van der Waals surface area contributed by atoms with Gasteiger partial charge in [-0.15, -0.1) is 0 Å². The van der Waals surface area contributed by atoms with Crippen LogP contribution in [0.5, 0.6) is 0 Å². The number of fused-ring (bicyclic) bond motifs is 6. The number of para-hydroxylation sites is 2. The Morgan fingerprint density at radius 3 is 0.817 bits per heavy atom. The minimum absolute atomic E-state index is 0.0199. The van der Waals surface area contributed by atoms with Crippen molar-refractivity contribution in [3.05, 3.63) is 253 Å². The molecule has 0 amide bonds.